The van der Waals surface area contributed by atoms with Gasteiger partial charge in [-0.05, 0) is 37.8 Å². The third kappa shape index (κ3) is 3.82. The summed E-state index contributed by atoms with van der Waals surface area (Å²) in [6.07, 6.45) is 3.48. The number of hydrogen-bond donors (Lipinski definition) is 0. The Balaban J connectivity index is 1.20. The summed E-state index contributed by atoms with van der Waals surface area (Å²) < 4.78 is 27.0. The van der Waals surface area contributed by atoms with Gasteiger partial charge in [-0.1, -0.05) is 18.2 Å². The number of ether oxygens (including phenoxy) is 2. The summed E-state index contributed by atoms with van der Waals surface area (Å²) in [5, 5.41) is 4.17. The van der Waals surface area contributed by atoms with Crippen molar-refractivity contribution >= 4 is 5.91 Å². The minimum atomic E-state index is -0.228. The first-order chi connectivity index (χ1) is 13.6. The number of rotatable bonds is 7. The Morgan fingerprint density at radius 1 is 1.36 bits per heavy atom. The third-order valence-corrected chi connectivity index (χ3v) is 5.65. The van der Waals surface area contributed by atoms with Gasteiger partial charge in [0.2, 0.25) is 0 Å². The van der Waals surface area contributed by atoms with E-state index in [1.807, 2.05) is 17.9 Å². The van der Waals surface area contributed by atoms with E-state index >= 15 is 0 Å². The molecular formula is C21H26FN3O3. The molecule has 3 heterocycles. The van der Waals surface area contributed by atoms with Gasteiger partial charge in [0, 0.05) is 24.9 Å². The molecule has 1 unspecified atom stereocenters. The van der Waals surface area contributed by atoms with Crippen molar-refractivity contribution in [1.82, 2.24) is 14.7 Å². The van der Waals surface area contributed by atoms with E-state index in [-0.39, 0.29) is 17.3 Å². The average Bonchev–Trinajstić information content (AvgIpc) is 3.32. The number of likely N-dealkylation sites (tertiary alicyclic amines) is 1. The largest absolute Gasteiger partial charge is 0.377 e. The van der Waals surface area contributed by atoms with Gasteiger partial charge < -0.3 is 14.4 Å². The van der Waals surface area contributed by atoms with Crippen molar-refractivity contribution in [3.8, 4) is 0 Å². The second-order valence-electron chi connectivity index (χ2n) is 7.69. The molecule has 0 aliphatic carbocycles. The normalized spacial score (nSPS) is 20.5. The lowest BCUT2D eigenvalue weighted by atomic mass is 9.86. The predicted molar refractivity (Wildman–Crippen MR) is 101 cm³/mol. The summed E-state index contributed by atoms with van der Waals surface area (Å²) in [5.74, 6) is 0.207. The second-order valence-corrected chi connectivity index (χ2v) is 7.69. The van der Waals surface area contributed by atoms with Crippen LogP contribution in [0.3, 0.4) is 0 Å². The number of carbonyl (C=O) groups is 1. The van der Waals surface area contributed by atoms with E-state index in [2.05, 4.69) is 5.10 Å². The fourth-order valence-corrected chi connectivity index (χ4v) is 4.11. The maximum absolute atomic E-state index is 13.6. The molecule has 1 spiro atoms. The molecule has 2 aliphatic rings. The molecule has 1 amide bonds. The van der Waals surface area contributed by atoms with Crippen molar-refractivity contribution in [2.24, 2.45) is 5.92 Å². The molecule has 2 aromatic rings. The summed E-state index contributed by atoms with van der Waals surface area (Å²) in [4.78, 5) is 14.5. The SMILES string of the molecule is CCn1nccc1C(=O)N1CC2(CC(CCOCc3ccccc3F)CO2)C1. The Morgan fingerprint density at radius 3 is 2.96 bits per heavy atom. The van der Waals surface area contributed by atoms with Crippen LogP contribution in [0.15, 0.2) is 36.5 Å². The number of aromatic nitrogens is 2. The van der Waals surface area contributed by atoms with E-state index in [1.165, 1.54) is 6.07 Å². The Labute approximate surface area is 164 Å². The number of aryl methyl sites for hydroxylation is 1. The molecule has 1 aromatic carbocycles. The van der Waals surface area contributed by atoms with Crippen LogP contribution in [-0.2, 0) is 22.6 Å². The van der Waals surface area contributed by atoms with Crippen LogP contribution in [0, 0.1) is 11.7 Å². The molecule has 1 aromatic heterocycles. The maximum Gasteiger partial charge on any atom is 0.272 e. The molecule has 2 saturated heterocycles. The molecule has 7 heteroatoms. The van der Waals surface area contributed by atoms with E-state index < -0.39 is 0 Å². The Kier molecular flexibility index (Phi) is 5.46. The van der Waals surface area contributed by atoms with Crippen LogP contribution in [0.4, 0.5) is 4.39 Å². The van der Waals surface area contributed by atoms with Gasteiger partial charge >= 0.3 is 0 Å². The Hall–Kier alpha value is -2.25. The van der Waals surface area contributed by atoms with Crippen LogP contribution in [0.25, 0.3) is 0 Å². The fourth-order valence-electron chi connectivity index (χ4n) is 4.11. The number of benzene rings is 1. The lowest BCUT2D eigenvalue weighted by Gasteiger charge is -2.47. The van der Waals surface area contributed by atoms with Gasteiger partial charge in [-0.15, -0.1) is 0 Å². The first kappa shape index (κ1) is 19.1. The first-order valence-electron chi connectivity index (χ1n) is 9.86. The molecular weight excluding hydrogens is 361 g/mol. The summed E-state index contributed by atoms with van der Waals surface area (Å²) in [6, 6.07) is 8.45. The molecule has 1 atom stereocenters. The van der Waals surface area contributed by atoms with E-state index in [0.29, 0.717) is 56.6 Å². The van der Waals surface area contributed by atoms with Crippen molar-refractivity contribution in [3.05, 3.63) is 53.6 Å². The first-order valence-corrected chi connectivity index (χ1v) is 9.86. The third-order valence-electron chi connectivity index (χ3n) is 5.65. The molecule has 0 radical (unpaired) electrons. The molecule has 150 valence electrons. The molecule has 0 bridgehead atoms. The topological polar surface area (TPSA) is 56.6 Å². The monoisotopic (exact) mass is 387 g/mol. The molecule has 6 nitrogen and oxygen atoms in total. The number of nitrogens with zero attached hydrogens (tertiary/aromatic N) is 3. The lowest BCUT2D eigenvalue weighted by Crippen LogP contribution is -2.63. The van der Waals surface area contributed by atoms with Crippen molar-refractivity contribution < 1.29 is 18.7 Å². The van der Waals surface area contributed by atoms with Gasteiger partial charge in [-0.25, -0.2) is 4.39 Å². The predicted octanol–water partition coefficient (Wildman–Crippen LogP) is 2.88. The highest BCUT2D eigenvalue weighted by Gasteiger charge is 2.51. The van der Waals surface area contributed by atoms with Gasteiger partial charge in [-0.2, -0.15) is 5.10 Å². The highest BCUT2D eigenvalue weighted by Crippen LogP contribution is 2.39. The van der Waals surface area contributed by atoms with Crippen LogP contribution in [0.2, 0.25) is 0 Å². The van der Waals surface area contributed by atoms with Crippen LogP contribution < -0.4 is 0 Å². The van der Waals surface area contributed by atoms with Crippen molar-refractivity contribution in [1.29, 1.82) is 0 Å². The van der Waals surface area contributed by atoms with Crippen molar-refractivity contribution in [2.75, 3.05) is 26.3 Å². The average molecular weight is 387 g/mol. The van der Waals surface area contributed by atoms with Crippen LogP contribution in [0.1, 0.15) is 35.8 Å². The maximum atomic E-state index is 13.6. The van der Waals surface area contributed by atoms with Crippen molar-refractivity contribution in [2.45, 2.75) is 38.5 Å². The number of halogens is 1. The minimum absolute atomic E-state index is 0.0187. The molecule has 2 aliphatic heterocycles. The number of hydrogen-bond acceptors (Lipinski definition) is 4. The van der Waals surface area contributed by atoms with Gasteiger partial charge in [0.1, 0.15) is 17.1 Å². The quantitative estimate of drug-likeness (QED) is 0.686. The minimum Gasteiger partial charge on any atom is -0.377 e. The van der Waals surface area contributed by atoms with Gasteiger partial charge in [0.05, 0.1) is 26.3 Å². The van der Waals surface area contributed by atoms with Gasteiger partial charge in [-0.3, -0.25) is 9.48 Å². The molecule has 2 fully saturated rings. The number of amides is 1. The fraction of sp³-hybridized carbons (Fsp3) is 0.524. The zero-order valence-corrected chi connectivity index (χ0v) is 16.1. The zero-order chi connectivity index (χ0) is 19.6. The highest BCUT2D eigenvalue weighted by atomic mass is 19.1. The van der Waals surface area contributed by atoms with E-state index in [9.17, 15) is 9.18 Å². The molecule has 28 heavy (non-hydrogen) atoms. The van der Waals surface area contributed by atoms with E-state index in [1.54, 1.807) is 29.1 Å². The lowest BCUT2D eigenvalue weighted by molar-refractivity contribution is -0.0953. The van der Waals surface area contributed by atoms with Gasteiger partial charge in [0.15, 0.2) is 0 Å². The zero-order valence-electron chi connectivity index (χ0n) is 16.1. The second kappa shape index (κ2) is 8.01. The summed E-state index contributed by atoms with van der Waals surface area (Å²) in [6.45, 7) is 5.48. The molecule has 4 rings (SSSR count). The van der Waals surface area contributed by atoms with Crippen molar-refractivity contribution in [3.63, 3.8) is 0 Å². The smallest absolute Gasteiger partial charge is 0.272 e. The molecule has 0 N–H and O–H groups in total. The Morgan fingerprint density at radius 2 is 2.18 bits per heavy atom. The number of carbonyl (C=O) groups excluding carboxylic acids is 1. The van der Waals surface area contributed by atoms with E-state index in [0.717, 1.165) is 12.8 Å². The summed E-state index contributed by atoms with van der Waals surface area (Å²) >= 11 is 0. The summed E-state index contributed by atoms with van der Waals surface area (Å²) in [7, 11) is 0. The summed E-state index contributed by atoms with van der Waals surface area (Å²) in [5.41, 5.74) is 1.01. The van der Waals surface area contributed by atoms with E-state index in [4.69, 9.17) is 9.47 Å². The standard InChI is InChI=1S/C21H26FN3O3/c1-2-25-19(7-9-23-25)20(26)24-14-21(15-24)11-16(12-28-21)8-10-27-13-17-5-3-4-6-18(17)22/h3-7,9,16H,2,8,10-15H2,1H3. The Bertz CT molecular complexity index is 832. The highest BCUT2D eigenvalue weighted by molar-refractivity contribution is 5.93. The van der Waals surface area contributed by atoms with Gasteiger partial charge in [0.25, 0.3) is 5.91 Å². The molecule has 0 saturated carbocycles. The van der Waals surface area contributed by atoms with Crippen LogP contribution in [0.5, 0.6) is 0 Å². The van der Waals surface area contributed by atoms with Crippen LogP contribution >= 0.6 is 0 Å². The van der Waals surface area contributed by atoms with Crippen LogP contribution in [-0.4, -0.2) is 52.5 Å².